The number of H-pyrrole nitrogens is 2. The number of para-hydroxylation sites is 4. The summed E-state index contributed by atoms with van der Waals surface area (Å²) < 4.78 is 1.96. The van der Waals surface area contributed by atoms with Gasteiger partial charge < -0.3 is 24.3 Å². The molecule has 0 bridgehead atoms. The molecule has 7 aromatic rings. The average molecular weight is 603 g/mol. The average Bonchev–Trinajstić information content (AvgIpc) is 3.66. The first-order chi connectivity index (χ1) is 22.5. The molecule has 0 aliphatic carbocycles. The smallest absolute Gasteiger partial charge is 0.281 e. The third-order valence-electron chi connectivity index (χ3n) is 9.90. The Labute approximate surface area is 264 Å². The molecule has 5 heterocycles. The quantitative estimate of drug-likeness (QED) is 0.239. The van der Waals surface area contributed by atoms with Crippen molar-refractivity contribution in [2.24, 2.45) is 7.05 Å². The monoisotopic (exact) mass is 602 g/mol. The van der Waals surface area contributed by atoms with Crippen LogP contribution in [0.3, 0.4) is 0 Å². The predicted octanol–water partition coefficient (Wildman–Crippen LogP) is 6.58. The second-order valence-electron chi connectivity index (χ2n) is 12.1. The molecule has 46 heavy (non-hydrogen) atoms. The second-order valence-corrected chi connectivity index (χ2v) is 12.1. The number of benzene rings is 4. The summed E-state index contributed by atoms with van der Waals surface area (Å²) in [4.78, 5) is 43.6. The van der Waals surface area contributed by atoms with Crippen LogP contribution in [0.1, 0.15) is 27.2 Å². The van der Waals surface area contributed by atoms with Gasteiger partial charge in [0.25, 0.3) is 11.5 Å². The van der Waals surface area contributed by atoms with E-state index in [1.807, 2.05) is 89.3 Å². The maximum Gasteiger partial charge on any atom is 0.281 e. The van der Waals surface area contributed by atoms with Crippen molar-refractivity contribution in [1.29, 1.82) is 0 Å². The van der Waals surface area contributed by atoms with Gasteiger partial charge >= 0.3 is 0 Å². The van der Waals surface area contributed by atoms with Crippen molar-refractivity contribution in [3.05, 3.63) is 136 Å². The Bertz CT molecular complexity index is 2480. The lowest BCUT2D eigenvalue weighted by molar-refractivity contribution is 0.0499. The minimum absolute atomic E-state index is 0.000369. The molecule has 4 aromatic carbocycles. The van der Waals surface area contributed by atoms with Crippen molar-refractivity contribution in [3.8, 4) is 11.5 Å². The number of anilines is 1. The molecule has 8 heteroatoms. The van der Waals surface area contributed by atoms with Crippen LogP contribution < -0.4 is 10.5 Å². The van der Waals surface area contributed by atoms with Crippen LogP contribution in [0.15, 0.2) is 108 Å². The van der Waals surface area contributed by atoms with Crippen LogP contribution in [0.5, 0.6) is 0 Å². The maximum absolute atomic E-state index is 14.3. The van der Waals surface area contributed by atoms with Gasteiger partial charge in [0.15, 0.2) is 11.5 Å². The van der Waals surface area contributed by atoms with Crippen molar-refractivity contribution >= 4 is 50.4 Å². The van der Waals surface area contributed by atoms with Crippen LogP contribution in [-0.2, 0) is 19.1 Å². The van der Waals surface area contributed by atoms with E-state index in [1.54, 1.807) is 0 Å². The Morgan fingerprint density at radius 2 is 1.46 bits per heavy atom. The van der Waals surface area contributed by atoms with E-state index in [9.17, 15) is 9.59 Å². The van der Waals surface area contributed by atoms with Gasteiger partial charge in [0.1, 0.15) is 0 Å². The van der Waals surface area contributed by atoms with E-state index in [2.05, 4.69) is 63.3 Å². The van der Waals surface area contributed by atoms with Crippen LogP contribution in [0.4, 0.5) is 5.69 Å². The van der Waals surface area contributed by atoms with Crippen LogP contribution in [0.2, 0.25) is 0 Å². The second kappa shape index (κ2) is 9.55. The van der Waals surface area contributed by atoms with E-state index >= 15 is 0 Å². The van der Waals surface area contributed by atoms with Gasteiger partial charge in [0.2, 0.25) is 0 Å². The molecule has 2 aliphatic heterocycles. The number of aromatic nitrogens is 4. The molecule has 0 fully saturated rings. The summed E-state index contributed by atoms with van der Waals surface area (Å²) in [5, 5.41) is 2.75. The Kier molecular flexibility index (Phi) is 5.50. The molecule has 224 valence electrons. The molecule has 0 spiro atoms. The van der Waals surface area contributed by atoms with Gasteiger partial charge in [-0.15, -0.1) is 0 Å². The zero-order chi connectivity index (χ0) is 31.2. The van der Waals surface area contributed by atoms with E-state index < -0.39 is 5.66 Å². The van der Waals surface area contributed by atoms with E-state index in [0.29, 0.717) is 23.3 Å². The molecule has 1 amide bonds. The number of nitrogens with one attached hydrogen (secondary N) is 2. The SMILES string of the molecule is CN1c2ccccc2C(=O)N2CCc3c([nH]c4ccccc34)[C@]21/C=C/c1c(-c2nc(=O)c3ccccc3n2C)[nH]c2ccccc12. The molecular weight excluding hydrogens is 572 g/mol. The maximum atomic E-state index is 14.3. The first-order valence-electron chi connectivity index (χ1n) is 15.5. The number of aryl methyl sites for hydroxylation is 1. The number of carbonyl (C=O) groups excluding carboxylic acids is 1. The summed E-state index contributed by atoms with van der Waals surface area (Å²) in [6.07, 6.45) is 4.99. The van der Waals surface area contributed by atoms with E-state index in [1.165, 1.54) is 10.9 Å². The fraction of sp³-hybridized carbons (Fsp3) is 0.132. The Morgan fingerprint density at radius 1 is 0.783 bits per heavy atom. The summed E-state index contributed by atoms with van der Waals surface area (Å²) in [6, 6.07) is 31.8. The van der Waals surface area contributed by atoms with Crippen molar-refractivity contribution in [2.45, 2.75) is 12.1 Å². The highest BCUT2D eigenvalue weighted by Crippen LogP contribution is 2.48. The zero-order valence-corrected chi connectivity index (χ0v) is 25.4. The van der Waals surface area contributed by atoms with Crippen LogP contribution >= 0.6 is 0 Å². The van der Waals surface area contributed by atoms with Crippen LogP contribution in [0, 0.1) is 0 Å². The summed E-state index contributed by atoms with van der Waals surface area (Å²) in [7, 11) is 4.00. The van der Waals surface area contributed by atoms with Crippen molar-refractivity contribution in [3.63, 3.8) is 0 Å². The van der Waals surface area contributed by atoms with Crippen LogP contribution in [0.25, 0.3) is 50.3 Å². The third-order valence-corrected chi connectivity index (χ3v) is 9.90. The lowest BCUT2D eigenvalue weighted by Crippen LogP contribution is -2.63. The molecular formula is C38H30N6O2. The standard InChI is InChI=1S/C38H30N6O2/c1-42-31-17-9-5-13-27(31)36(45)41-35(42)33-25(23-11-3-7-15-29(23)39-33)19-21-38-34-26(24-12-4-8-16-30(24)40-34)20-22-44(38)37(46)28-14-6-10-18-32(28)43(38)2/h3-19,21,39-40H,20,22H2,1-2H3/b21-19+/t38-/m0/s1. The number of carbonyl (C=O) groups is 1. The minimum atomic E-state index is -0.934. The Hall–Kier alpha value is -5.89. The Morgan fingerprint density at radius 3 is 2.28 bits per heavy atom. The van der Waals surface area contributed by atoms with E-state index in [4.69, 9.17) is 0 Å². The summed E-state index contributed by atoms with van der Waals surface area (Å²) >= 11 is 0. The third kappa shape index (κ3) is 3.46. The van der Waals surface area contributed by atoms with Crippen molar-refractivity contribution in [1.82, 2.24) is 24.4 Å². The summed E-state index contributed by atoms with van der Waals surface area (Å²) in [5.41, 5.74) is 6.98. The first-order valence-corrected chi connectivity index (χ1v) is 15.5. The topological polar surface area (TPSA) is 90.0 Å². The van der Waals surface area contributed by atoms with E-state index in [-0.39, 0.29) is 11.5 Å². The summed E-state index contributed by atoms with van der Waals surface area (Å²) in [5.74, 6) is 0.544. The van der Waals surface area contributed by atoms with Gasteiger partial charge in [-0.2, -0.15) is 4.98 Å². The van der Waals surface area contributed by atoms with Crippen molar-refractivity contribution in [2.75, 3.05) is 18.5 Å². The van der Waals surface area contributed by atoms with Gasteiger partial charge in [-0.3, -0.25) is 9.59 Å². The highest BCUT2D eigenvalue weighted by molar-refractivity contribution is 6.04. The number of aromatic amines is 2. The van der Waals surface area contributed by atoms with E-state index in [0.717, 1.165) is 51.0 Å². The highest BCUT2D eigenvalue weighted by Gasteiger charge is 2.52. The molecule has 2 N–H and O–H groups in total. The fourth-order valence-corrected chi connectivity index (χ4v) is 7.70. The van der Waals surface area contributed by atoms with Gasteiger partial charge in [-0.1, -0.05) is 66.7 Å². The zero-order valence-electron chi connectivity index (χ0n) is 25.4. The number of rotatable bonds is 3. The minimum Gasteiger partial charge on any atom is -0.354 e. The fourth-order valence-electron chi connectivity index (χ4n) is 7.70. The number of fused-ring (bicyclic) bond motifs is 8. The van der Waals surface area contributed by atoms with Gasteiger partial charge in [0, 0.05) is 48.0 Å². The molecule has 0 radical (unpaired) electrons. The number of amides is 1. The number of hydrogen-bond donors (Lipinski definition) is 2. The molecule has 1 atom stereocenters. The molecule has 2 aliphatic rings. The van der Waals surface area contributed by atoms with Gasteiger partial charge in [0.05, 0.1) is 33.5 Å². The number of nitrogens with zero attached hydrogens (tertiary/aromatic N) is 4. The highest BCUT2D eigenvalue weighted by atomic mass is 16.2. The van der Waals surface area contributed by atoms with Crippen LogP contribution in [-0.4, -0.2) is 43.9 Å². The Balaban J connectivity index is 1.33. The molecule has 9 rings (SSSR count). The largest absolute Gasteiger partial charge is 0.354 e. The molecule has 0 saturated carbocycles. The first kappa shape index (κ1) is 26.5. The number of likely N-dealkylation sites (N-methyl/N-ethyl adjacent to an activating group) is 1. The lowest BCUT2D eigenvalue weighted by atomic mass is 9.85. The molecule has 8 nitrogen and oxygen atoms in total. The molecule has 0 saturated heterocycles. The molecule has 3 aromatic heterocycles. The van der Waals surface area contributed by atoms with Gasteiger partial charge in [-0.25, -0.2) is 0 Å². The van der Waals surface area contributed by atoms with Gasteiger partial charge in [-0.05, 0) is 54.5 Å². The predicted molar refractivity (Wildman–Crippen MR) is 183 cm³/mol. The lowest BCUT2D eigenvalue weighted by Gasteiger charge is -2.54. The normalized spacial score (nSPS) is 17.7. The number of hydrogen-bond acceptors (Lipinski definition) is 4. The molecule has 0 unspecified atom stereocenters. The summed E-state index contributed by atoms with van der Waals surface area (Å²) in [6.45, 7) is 0.568. The van der Waals surface area contributed by atoms with Crippen molar-refractivity contribution < 1.29 is 4.79 Å².